The number of carboxylic acid groups (broad SMARTS) is 1. The van der Waals surface area contributed by atoms with Gasteiger partial charge in [0.2, 0.25) is 0 Å². The third-order valence-corrected chi connectivity index (χ3v) is 2.54. The Morgan fingerprint density at radius 3 is 2.80 bits per heavy atom. The Balaban J connectivity index is 2.64. The first kappa shape index (κ1) is 12.0. The first-order valence-corrected chi connectivity index (χ1v) is 5.35. The lowest BCUT2D eigenvalue weighted by Crippen LogP contribution is -2.28. The average molecular weight is 273 g/mol. The first-order chi connectivity index (χ1) is 7.00. The molecule has 1 aromatic heterocycles. The van der Waals surface area contributed by atoms with E-state index in [1.54, 1.807) is 13.1 Å². The number of nitrogens with zero attached hydrogens (tertiary/aromatic N) is 2. The summed E-state index contributed by atoms with van der Waals surface area (Å²) in [6, 6.07) is 3.73. The lowest BCUT2D eigenvalue weighted by atomic mass is 10.2. The second kappa shape index (κ2) is 5.11. The normalized spacial score (nSPS) is 12.2. The second-order valence-corrected chi connectivity index (χ2v) is 4.37. The van der Waals surface area contributed by atoms with E-state index in [0.29, 0.717) is 6.54 Å². The van der Waals surface area contributed by atoms with Gasteiger partial charge in [0.05, 0.1) is 5.92 Å². The van der Waals surface area contributed by atoms with Crippen molar-refractivity contribution in [2.75, 3.05) is 18.5 Å². The van der Waals surface area contributed by atoms with E-state index in [0.717, 1.165) is 10.3 Å². The monoisotopic (exact) mass is 272 g/mol. The zero-order valence-corrected chi connectivity index (χ0v) is 10.2. The number of aliphatic carboxylic acids is 1. The minimum atomic E-state index is -0.793. The maximum atomic E-state index is 10.7. The number of aromatic nitrogens is 1. The molecule has 0 aliphatic rings. The predicted octanol–water partition coefficient (Wildman–Crippen LogP) is 2.00. The van der Waals surface area contributed by atoms with Crippen LogP contribution in [0.1, 0.15) is 6.92 Å². The van der Waals surface area contributed by atoms with Gasteiger partial charge in [-0.3, -0.25) is 4.79 Å². The van der Waals surface area contributed by atoms with Gasteiger partial charge in [-0.25, -0.2) is 4.98 Å². The highest BCUT2D eigenvalue weighted by Crippen LogP contribution is 2.14. The lowest BCUT2D eigenvalue weighted by molar-refractivity contribution is -0.140. The minimum absolute atomic E-state index is 0.402. The number of carboxylic acids is 1. The van der Waals surface area contributed by atoms with Gasteiger partial charge in [0.15, 0.2) is 0 Å². The maximum Gasteiger partial charge on any atom is 0.308 e. The Morgan fingerprint density at radius 2 is 2.33 bits per heavy atom. The first-order valence-electron chi connectivity index (χ1n) is 4.56. The van der Waals surface area contributed by atoms with Crippen LogP contribution in [0.4, 0.5) is 5.82 Å². The molecule has 1 rings (SSSR count). The number of hydrogen-bond donors (Lipinski definition) is 1. The summed E-state index contributed by atoms with van der Waals surface area (Å²) in [5, 5.41) is 8.77. The fourth-order valence-electron chi connectivity index (χ4n) is 1.18. The van der Waals surface area contributed by atoms with E-state index in [1.165, 1.54) is 0 Å². The Kier molecular flexibility index (Phi) is 4.08. The third kappa shape index (κ3) is 3.51. The van der Waals surface area contributed by atoms with Crippen molar-refractivity contribution in [1.82, 2.24) is 4.98 Å². The van der Waals surface area contributed by atoms with Crippen LogP contribution in [0.15, 0.2) is 22.8 Å². The molecule has 0 bridgehead atoms. The lowest BCUT2D eigenvalue weighted by Gasteiger charge is -2.20. The van der Waals surface area contributed by atoms with Crippen LogP contribution in [0.25, 0.3) is 0 Å². The van der Waals surface area contributed by atoms with Crippen LogP contribution in [0.3, 0.4) is 0 Å². The van der Waals surface area contributed by atoms with Crippen LogP contribution in [0.5, 0.6) is 0 Å². The fraction of sp³-hybridized carbons (Fsp3) is 0.400. The quantitative estimate of drug-likeness (QED) is 0.911. The second-order valence-electron chi connectivity index (χ2n) is 3.45. The number of anilines is 1. The molecule has 0 fully saturated rings. The van der Waals surface area contributed by atoms with E-state index in [1.807, 2.05) is 24.1 Å². The number of hydrogen-bond acceptors (Lipinski definition) is 3. The molecule has 0 radical (unpaired) electrons. The summed E-state index contributed by atoms with van der Waals surface area (Å²) < 4.78 is 0.908. The average Bonchev–Trinajstić information content (AvgIpc) is 2.18. The molecule has 0 saturated heterocycles. The van der Waals surface area contributed by atoms with Crippen LogP contribution in [-0.2, 0) is 4.79 Å². The number of pyridine rings is 1. The zero-order chi connectivity index (χ0) is 11.4. The highest BCUT2D eigenvalue weighted by atomic mass is 79.9. The molecule has 1 N–H and O–H groups in total. The molecule has 1 aromatic rings. The van der Waals surface area contributed by atoms with Gasteiger partial charge in [-0.15, -0.1) is 0 Å². The van der Waals surface area contributed by atoms with Crippen molar-refractivity contribution in [2.45, 2.75) is 6.92 Å². The van der Waals surface area contributed by atoms with Crippen LogP contribution in [0, 0.1) is 5.92 Å². The van der Waals surface area contributed by atoms with Crippen molar-refractivity contribution in [2.24, 2.45) is 5.92 Å². The van der Waals surface area contributed by atoms with Crippen molar-refractivity contribution in [3.05, 3.63) is 22.8 Å². The Hall–Kier alpha value is -1.10. The van der Waals surface area contributed by atoms with Gasteiger partial charge in [-0.05, 0) is 28.1 Å². The molecule has 4 nitrogen and oxygen atoms in total. The topological polar surface area (TPSA) is 53.4 Å². The number of rotatable bonds is 4. The van der Waals surface area contributed by atoms with Gasteiger partial charge in [-0.1, -0.05) is 6.92 Å². The van der Waals surface area contributed by atoms with E-state index in [2.05, 4.69) is 20.9 Å². The summed E-state index contributed by atoms with van der Waals surface area (Å²) in [5.74, 6) is -0.425. The van der Waals surface area contributed by atoms with Crippen molar-refractivity contribution < 1.29 is 9.90 Å². The molecule has 5 heteroatoms. The van der Waals surface area contributed by atoms with Crippen molar-refractivity contribution >= 4 is 27.7 Å². The predicted molar refractivity (Wildman–Crippen MR) is 62.0 cm³/mol. The minimum Gasteiger partial charge on any atom is -0.481 e. The maximum absolute atomic E-state index is 10.7. The van der Waals surface area contributed by atoms with E-state index in [4.69, 9.17) is 5.11 Å². The molecule has 0 aliphatic carbocycles. The van der Waals surface area contributed by atoms with Gasteiger partial charge < -0.3 is 10.0 Å². The van der Waals surface area contributed by atoms with Crippen LogP contribution in [-0.4, -0.2) is 29.7 Å². The highest BCUT2D eigenvalue weighted by Gasteiger charge is 2.14. The molecule has 0 amide bonds. The van der Waals surface area contributed by atoms with Gasteiger partial charge in [-0.2, -0.15) is 0 Å². The summed E-state index contributed by atoms with van der Waals surface area (Å²) in [6.45, 7) is 2.13. The fourth-order valence-corrected chi connectivity index (χ4v) is 1.41. The van der Waals surface area contributed by atoms with Gasteiger partial charge in [0, 0.05) is 24.3 Å². The summed E-state index contributed by atoms with van der Waals surface area (Å²) in [5.41, 5.74) is 0. The molecule has 0 saturated carbocycles. The van der Waals surface area contributed by atoms with E-state index < -0.39 is 11.9 Å². The third-order valence-electron chi connectivity index (χ3n) is 2.07. The van der Waals surface area contributed by atoms with Crippen LogP contribution >= 0.6 is 15.9 Å². The van der Waals surface area contributed by atoms with E-state index in [9.17, 15) is 4.79 Å². The Bertz CT molecular complexity index is 340. The Morgan fingerprint density at radius 1 is 1.67 bits per heavy atom. The van der Waals surface area contributed by atoms with E-state index in [-0.39, 0.29) is 0 Å². The van der Waals surface area contributed by atoms with Crippen LogP contribution < -0.4 is 4.90 Å². The summed E-state index contributed by atoms with van der Waals surface area (Å²) in [7, 11) is 1.83. The molecular formula is C10H13BrN2O2. The van der Waals surface area contributed by atoms with Crippen molar-refractivity contribution in [3.8, 4) is 0 Å². The van der Waals surface area contributed by atoms with Crippen molar-refractivity contribution in [1.29, 1.82) is 0 Å². The molecular weight excluding hydrogens is 260 g/mol. The van der Waals surface area contributed by atoms with Gasteiger partial charge >= 0.3 is 5.97 Å². The standard InChI is InChI=1S/C10H13BrN2O2/c1-7(10(14)15)6-13(2)9-4-3-8(11)5-12-9/h3-5,7H,6H2,1-2H3,(H,14,15). The number of carbonyl (C=O) groups is 1. The highest BCUT2D eigenvalue weighted by molar-refractivity contribution is 9.10. The molecule has 0 aromatic carbocycles. The summed E-state index contributed by atoms with van der Waals surface area (Å²) in [6.07, 6.45) is 1.69. The SMILES string of the molecule is CC(CN(C)c1ccc(Br)cn1)C(=O)O. The smallest absolute Gasteiger partial charge is 0.308 e. The molecule has 1 unspecified atom stereocenters. The molecule has 0 spiro atoms. The van der Waals surface area contributed by atoms with Gasteiger partial charge in [0.25, 0.3) is 0 Å². The summed E-state index contributed by atoms with van der Waals surface area (Å²) >= 11 is 3.29. The zero-order valence-electron chi connectivity index (χ0n) is 8.64. The molecule has 1 atom stereocenters. The van der Waals surface area contributed by atoms with E-state index >= 15 is 0 Å². The van der Waals surface area contributed by atoms with Crippen LogP contribution in [0.2, 0.25) is 0 Å². The largest absolute Gasteiger partial charge is 0.481 e. The van der Waals surface area contributed by atoms with Gasteiger partial charge in [0.1, 0.15) is 5.82 Å². The molecule has 1 heterocycles. The van der Waals surface area contributed by atoms with Crippen molar-refractivity contribution in [3.63, 3.8) is 0 Å². The summed E-state index contributed by atoms with van der Waals surface area (Å²) in [4.78, 5) is 16.7. The molecule has 0 aliphatic heterocycles. The molecule has 15 heavy (non-hydrogen) atoms. The number of halogens is 1. The Labute approximate surface area is 97.1 Å². The molecule has 82 valence electrons.